The maximum atomic E-state index is 10.9. The zero-order chi connectivity index (χ0) is 9.42. The van der Waals surface area contributed by atoms with Crippen LogP contribution in [0.2, 0.25) is 10.0 Å². The van der Waals surface area contributed by atoms with E-state index in [9.17, 15) is 4.79 Å². The Balaban J connectivity index is 2.95. The Morgan fingerprint density at radius 2 is 1.92 bits per heavy atom. The fraction of sp³-hybridized carbons (Fsp3) is 0. The standard InChI is InChI=1S/C9H4Cl2O2/c10-5-1-2-8-6(3-5)7(11)4-9(12)13-8/h1-4H. The van der Waals surface area contributed by atoms with Gasteiger partial charge in [0.2, 0.25) is 0 Å². The van der Waals surface area contributed by atoms with Crippen molar-refractivity contribution >= 4 is 34.2 Å². The molecule has 2 rings (SSSR count). The van der Waals surface area contributed by atoms with E-state index in [0.717, 1.165) is 0 Å². The Hall–Kier alpha value is -0.990. The van der Waals surface area contributed by atoms with Crippen molar-refractivity contribution in [3.8, 4) is 0 Å². The van der Waals surface area contributed by atoms with Gasteiger partial charge in [-0.25, -0.2) is 4.79 Å². The molecule has 0 fully saturated rings. The summed E-state index contributed by atoms with van der Waals surface area (Å²) in [5.41, 5.74) is -0.0123. The lowest BCUT2D eigenvalue weighted by atomic mass is 10.2. The van der Waals surface area contributed by atoms with Crippen molar-refractivity contribution in [3.63, 3.8) is 0 Å². The van der Waals surface area contributed by atoms with Gasteiger partial charge in [-0.05, 0) is 18.2 Å². The average molecular weight is 215 g/mol. The van der Waals surface area contributed by atoms with E-state index in [4.69, 9.17) is 27.6 Å². The highest BCUT2D eigenvalue weighted by molar-refractivity contribution is 6.36. The zero-order valence-corrected chi connectivity index (χ0v) is 7.89. The molecule has 0 N–H and O–H groups in total. The van der Waals surface area contributed by atoms with Crippen LogP contribution >= 0.6 is 23.2 Å². The van der Waals surface area contributed by atoms with Crippen molar-refractivity contribution in [3.05, 3.63) is 44.7 Å². The molecule has 0 radical (unpaired) electrons. The molecule has 13 heavy (non-hydrogen) atoms. The molecule has 0 spiro atoms. The molecule has 2 aromatic rings. The molecule has 0 aliphatic carbocycles. The lowest BCUT2D eigenvalue weighted by Crippen LogP contribution is -1.95. The third-order valence-corrected chi connectivity index (χ3v) is 2.20. The number of halogens is 2. The predicted octanol–water partition coefficient (Wildman–Crippen LogP) is 3.10. The summed E-state index contributed by atoms with van der Waals surface area (Å²) in [5, 5.41) is 1.56. The van der Waals surface area contributed by atoms with Crippen LogP contribution in [0.25, 0.3) is 11.0 Å². The van der Waals surface area contributed by atoms with Gasteiger partial charge in [-0.3, -0.25) is 0 Å². The number of hydrogen-bond donors (Lipinski definition) is 0. The molecule has 2 nitrogen and oxygen atoms in total. The Morgan fingerprint density at radius 3 is 2.69 bits per heavy atom. The first-order chi connectivity index (χ1) is 6.16. The molecule has 0 atom stereocenters. The molecule has 1 aromatic carbocycles. The summed E-state index contributed by atoms with van der Waals surface area (Å²) < 4.78 is 4.90. The summed E-state index contributed by atoms with van der Waals surface area (Å²) in [4.78, 5) is 10.9. The Bertz CT molecular complexity index is 516. The first-order valence-electron chi connectivity index (χ1n) is 3.56. The molecule has 66 valence electrons. The lowest BCUT2D eigenvalue weighted by Gasteiger charge is -1.97. The van der Waals surface area contributed by atoms with E-state index in [2.05, 4.69) is 0 Å². The second-order valence-electron chi connectivity index (χ2n) is 2.55. The minimum absolute atomic E-state index is 0.355. The van der Waals surface area contributed by atoms with Crippen molar-refractivity contribution in [2.45, 2.75) is 0 Å². The van der Waals surface area contributed by atoms with Gasteiger partial charge in [-0.1, -0.05) is 23.2 Å². The molecule has 0 saturated carbocycles. The second kappa shape index (κ2) is 3.05. The molecular weight excluding hydrogens is 211 g/mol. The zero-order valence-electron chi connectivity index (χ0n) is 6.38. The van der Waals surface area contributed by atoms with Crippen molar-refractivity contribution in [2.24, 2.45) is 0 Å². The van der Waals surface area contributed by atoms with E-state index in [1.54, 1.807) is 18.2 Å². The fourth-order valence-electron chi connectivity index (χ4n) is 1.10. The monoisotopic (exact) mass is 214 g/mol. The molecule has 4 heteroatoms. The highest BCUT2D eigenvalue weighted by Crippen LogP contribution is 2.24. The highest BCUT2D eigenvalue weighted by atomic mass is 35.5. The summed E-state index contributed by atoms with van der Waals surface area (Å²) >= 11 is 11.6. The smallest absolute Gasteiger partial charge is 0.337 e. The van der Waals surface area contributed by atoms with Crippen molar-refractivity contribution < 1.29 is 4.42 Å². The van der Waals surface area contributed by atoms with Crippen LogP contribution in [0.1, 0.15) is 0 Å². The first-order valence-corrected chi connectivity index (χ1v) is 4.31. The van der Waals surface area contributed by atoms with E-state index in [1.165, 1.54) is 6.07 Å². The van der Waals surface area contributed by atoms with Crippen LogP contribution in [-0.2, 0) is 0 Å². The van der Waals surface area contributed by atoms with Crippen molar-refractivity contribution in [2.75, 3.05) is 0 Å². The van der Waals surface area contributed by atoms with Crippen LogP contribution in [0.5, 0.6) is 0 Å². The second-order valence-corrected chi connectivity index (χ2v) is 3.40. The molecule has 1 aromatic heterocycles. The number of fused-ring (bicyclic) bond motifs is 1. The highest BCUT2D eigenvalue weighted by Gasteiger charge is 2.03. The normalized spacial score (nSPS) is 10.6. The Morgan fingerprint density at radius 1 is 1.15 bits per heavy atom. The molecule has 0 aliphatic rings. The maximum absolute atomic E-state index is 10.9. The SMILES string of the molecule is O=c1cc(Cl)c2cc(Cl)ccc2o1. The summed E-state index contributed by atoms with van der Waals surface area (Å²) in [5.74, 6) is 0. The maximum Gasteiger partial charge on any atom is 0.337 e. The van der Waals surface area contributed by atoms with Crippen LogP contribution in [0.15, 0.2) is 33.5 Å². The summed E-state index contributed by atoms with van der Waals surface area (Å²) in [6, 6.07) is 6.14. The van der Waals surface area contributed by atoms with Crippen LogP contribution < -0.4 is 5.63 Å². The van der Waals surface area contributed by atoms with Gasteiger partial charge in [0.1, 0.15) is 5.58 Å². The molecule has 0 aliphatic heterocycles. The Kier molecular flexibility index (Phi) is 2.02. The minimum Gasteiger partial charge on any atom is -0.423 e. The van der Waals surface area contributed by atoms with Gasteiger partial charge in [0.05, 0.1) is 5.02 Å². The third-order valence-electron chi connectivity index (χ3n) is 1.65. The third kappa shape index (κ3) is 1.55. The van der Waals surface area contributed by atoms with E-state index < -0.39 is 5.63 Å². The topological polar surface area (TPSA) is 30.2 Å². The molecular formula is C9H4Cl2O2. The minimum atomic E-state index is -0.458. The van der Waals surface area contributed by atoms with Gasteiger partial charge >= 0.3 is 5.63 Å². The number of rotatable bonds is 0. The largest absolute Gasteiger partial charge is 0.423 e. The summed E-state index contributed by atoms with van der Waals surface area (Å²) in [6.07, 6.45) is 0. The fourth-order valence-corrected chi connectivity index (χ4v) is 1.51. The van der Waals surface area contributed by atoms with Gasteiger partial charge in [0, 0.05) is 16.5 Å². The van der Waals surface area contributed by atoms with Gasteiger partial charge in [0.15, 0.2) is 0 Å². The van der Waals surface area contributed by atoms with Crippen molar-refractivity contribution in [1.82, 2.24) is 0 Å². The van der Waals surface area contributed by atoms with Gasteiger partial charge in [0.25, 0.3) is 0 Å². The summed E-state index contributed by atoms with van der Waals surface area (Å²) in [7, 11) is 0. The van der Waals surface area contributed by atoms with Gasteiger partial charge in [-0.2, -0.15) is 0 Å². The molecule has 0 amide bonds. The first kappa shape index (κ1) is 8.60. The number of hydrogen-bond acceptors (Lipinski definition) is 2. The van der Waals surface area contributed by atoms with Crippen molar-refractivity contribution in [1.29, 1.82) is 0 Å². The lowest BCUT2D eigenvalue weighted by molar-refractivity contribution is 0.561. The predicted molar refractivity (Wildman–Crippen MR) is 52.5 cm³/mol. The van der Waals surface area contributed by atoms with E-state index >= 15 is 0 Å². The van der Waals surface area contributed by atoms with E-state index in [1.807, 2.05) is 0 Å². The quantitative estimate of drug-likeness (QED) is 0.632. The van der Waals surface area contributed by atoms with Crippen LogP contribution in [0.3, 0.4) is 0 Å². The summed E-state index contributed by atoms with van der Waals surface area (Å²) in [6.45, 7) is 0. The van der Waals surface area contributed by atoms with Crippen LogP contribution in [0, 0.1) is 0 Å². The van der Waals surface area contributed by atoms with Crippen LogP contribution in [0.4, 0.5) is 0 Å². The van der Waals surface area contributed by atoms with E-state index in [-0.39, 0.29) is 0 Å². The average Bonchev–Trinajstić information content (AvgIpc) is 2.06. The molecule has 1 heterocycles. The van der Waals surface area contributed by atoms with Gasteiger partial charge < -0.3 is 4.42 Å². The molecule has 0 saturated heterocycles. The molecule has 0 bridgehead atoms. The molecule has 0 unspecified atom stereocenters. The van der Waals surface area contributed by atoms with Crippen LogP contribution in [-0.4, -0.2) is 0 Å². The van der Waals surface area contributed by atoms with Gasteiger partial charge in [-0.15, -0.1) is 0 Å². The van der Waals surface area contributed by atoms with E-state index in [0.29, 0.717) is 21.0 Å². The Labute approximate surface area is 83.7 Å². The number of benzene rings is 1.